The van der Waals surface area contributed by atoms with Crippen molar-refractivity contribution in [1.29, 1.82) is 0 Å². The molecule has 0 bridgehead atoms. The van der Waals surface area contributed by atoms with Crippen LogP contribution in [0.2, 0.25) is 0 Å². The average molecular weight is 372 g/mol. The highest BCUT2D eigenvalue weighted by Gasteiger charge is 2.59. The molecule has 2 heterocycles. The third-order valence-corrected chi connectivity index (χ3v) is 6.39. The lowest BCUT2D eigenvalue weighted by Gasteiger charge is -2.42. The van der Waals surface area contributed by atoms with E-state index >= 15 is 0 Å². The second kappa shape index (κ2) is 7.24. The molecular weight excluding hydrogens is 344 g/mol. The molecule has 4 rings (SSSR count). The highest BCUT2D eigenvalue weighted by atomic mass is 16.5. The van der Waals surface area contributed by atoms with E-state index < -0.39 is 5.60 Å². The Kier molecular flexibility index (Phi) is 4.95. The number of fused-ring (bicyclic) bond motifs is 1. The molecule has 1 amide bonds. The normalized spacial score (nSPS) is 28.6. The summed E-state index contributed by atoms with van der Waals surface area (Å²) in [6.45, 7) is 3.96. The van der Waals surface area contributed by atoms with Gasteiger partial charge >= 0.3 is 0 Å². The first-order valence-corrected chi connectivity index (χ1v) is 9.98. The van der Waals surface area contributed by atoms with Gasteiger partial charge < -0.3 is 19.7 Å². The first-order valence-electron chi connectivity index (χ1n) is 9.98. The number of aromatic nitrogens is 1. The fourth-order valence-corrected chi connectivity index (χ4v) is 5.23. The number of aryl methyl sites for hydroxylation is 2. The van der Waals surface area contributed by atoms with Gasteiger partial charge in [-0.05, 0) is 50.7 Å². The van der Waals surface area contributed by atoms with Crippen molar-refractivity contribution in [3.8, 4) is 0 Å². The van der Waals surface area contributed by atoms with E-state index in [0.717, 1.165) is 54.0 Å². The number of ether oxygens (including phenoxy) is 1. The van der Waals surface area contributed by atoms with Crippen molar-refractivity contribution in [1.82, 2.24) is 10.5 Å². The standard InChI is InChI=1S/C21H28N2O4/c1-13-19(14(2)27-23-13)15-8-9-18-17(12-15)21(20(25)22-18,26-11-10-24)16-6-4-3-5-7-16/h8-9,16-17,24H,3-7,10-12H2,1-2H3,(H,22,25). The second-order valence-electron chi connectivity index (χ2n) is 7.92. The van der Waals surface area contributed by atoms with E-state index in [1.807, 2.05) is 19.9 Å². The van der Waals surface area contributed by atoms with Gasteiger partial charge in [0.05, 0.1) is 18.9 Å². The molecular formula is C21H28N2O4. The van der Waals surface area contributed by atoms with Crippen LogP contribution in [0, 0.1) is 25.7 Å². The zero-order valence-corrected chi connectivity index (χ0v) is 16.1. The fourth-order valence-electron chi connectivity index (χ4n) is 5.23. The molecule has 2 atom stereocenters. The molecule has 0 spiro atoms. The van der Waals surface area contributed by atoms with Crippen LogP contribution in [0.15, 0.2) is 22.4 Å². The average Bonchev–Trinajstić information content (AvgIpc) is 3.16. The van der Waals surface area contributed by atoms with Crippen molar-refractivity contribution in [2.45, 2.75) is 58.0 Å². The molecule has 6 heteroatoms. The first-order chi connectivity index (χ1) is 13.1. The Morgan fingerprint density at radius 3 is 2.74 bits per heavy atom. The Bertz CT molecular complexity index is 769. The molecule has 146 valence electrons. The van der Waals surface area contributed by atoms with Gasteiger partial charge in [-0.3, -0.25) is 4.79 Å². The Morgan fingerprint density at radius 1 is 1.30 bits per heavy atom. The minimum absolute atomic E-state index is 0.0486. The maximum Gasteiger partial charge on any atom is 0.257 e. The van der Waals surface area contributed by atoms with Gasteiger partial charge in [-0.2, -0.15) is 0 Å². The molecule has 1 saturated heterocycles. The summed E-state index contributed by atoms with van der Waals surface area (Å²) in [6.07, 6.45) is 10.2. The van der Waals surface area contributed by atoms with E-state index in [0.29, 0.717) is 6.42 Å². The minimum atomic E-state index is -0.895. The van der Waals surface area contributed by atoms with E-state index in [2.05, 4.69) is 16.5 Å². The molecule has 2 unspecified atom stereocenters. The molecule has 1 aliphatic heterocycles. The van der Waals surface area contributed by atoms with Crippen molar-refractivity contribution in [2.75, 3.05) is 13.2 Å². The van der Waals surface area contributed by atoms with Crippen LogP contribution in [0.4, 0.5) is 0 Å². The number of carbonyl (C=O) groups excluding carboxylic acids is 1. The van der Waals surface area contributed by atoms with E-state index in [1.54, 1.807) is 0 Å². The number of hydrogen-bond donors (Lipinski definition) is 2. The predicted molar refractivity (Wildman–Crippen MR) is 101 cm³/mol. The van der Waals surface area contributed by atoms with Gasteiger partial charge in [0.25, 0.3) is 5.91 Å². The van der Waals surface area contributed by atoms with Crippen LogP contribution < -0.4 is 5.32 Å². The van der Waals surface area contributed by atoms with E-state index in [4.69, 9.17) is 9.26 Å². The molecule has 2 fully saturated rings. The van der Waals surface area contributed by atoms with Crippen LogP contribution in [0.25, 0.3) is 5.57 Å². The van der Waals surface area contributed by atoms with Gasteiger partial charge in [-0.1, -0.05) is 30.5 Å². The first kappa shape index (κ1) is 18.4. The number of hydrogen-bond acceptors (Lipinski definition) is 5. The van der Waals surface area contributed by atoms with Crippen LogP contribution in [-0.4, -0.2) is 35.0 Å². The molecule has 27 heavy (non-hydrogen) atoms. The summed E-state index contributed by atoms with van der Waals surface area (Å²) in [5.74, 6) is 0.867. The lowest BCUT2D eigenvalue weighted by atomic mass is 9.68. The summed E-state index contributed by atoms with van der Waals surface area (Å²) in [4.78, 5) is 13.2. The number of carbonyl (C=O) groups is 1. The topological polar surface area (TPSA) is 84.6 Å². The number of rotatable bonds is 5. The summed E-state index contributed by atoms with van der Waals surface area (Å²) in [5, 5.41) is 16.6. The largest absolute Gasteiger partial charge is 0.394 e. The summed E-state index contributed by atoms with van der Waals surface area (Å²) >= 11 is 0. The maximum absolute atomic E-state index is 13.2. The predicted octanol–water partition coefficient (Wildman–Crippen LogP) is 3.04. The van der Waals surface area contributed by atoms with Crippen molar-refractivity contribution in [3.63, 3.8) is 0 Å². The van der Waals surface area contributed by atoms with Gasteiger partial charge in [-0.25, -0.2) is 0 Å². The van der Waals surface area contributed by atoms with Gasteiger partial charge in [0.1, 0.15) is 5.76 Å². The molecule has 1 saturated carbocycles. The molecule has 1 aromatic heterocycles. The molecule has 0 aromatic carbocycles. The third kappa shape index (κ3) is 2.95. The van der Waals surface area contributed by atoms with Crippen molar-refractivity contribution in [2.24, 2.45) is 11.8 Å². The van der Waals surface area contributed by atoms with Gasteiger partial charge in [-0.15, -0.1) is 0 Å². The van der Waals surface area contributed by atoms with Crippen molar-refractivity contribution < 1.29 is 19.2 Å². The molecule has 3 aliphatic rings. The number of allylic oxidation sites excluding steroid dienone is 3. The number of aliphatic hydroxyl groups is 1. The summed E-state index contributed by atoms with van der Waals surface area (Å²) in [7, 11) is 0. The zero-order valence-electron chi connectivity index (χ0n) is 16.1. The monoisotopic (exact) mass is 372 g/mol. The van der Waals surface area contributed by atoms with Crippen LogP contribution in [0.3, 0.4) is 0 Å². The van der Waals surface area contributed by atoms with Crippen molar-refractivity contribution >= 4 is 11.5 Å². The lowest BCUT2D eigenvalue weighted by molar-refractivity contribution is -0.161. The highest BCUT2D eigenvalue weighted by Crippen LogP contribution is 2.50. The molecule has 2 N–H and O–H groups in total. The Balaban J connectivity index is 1.72. The maximum atomic E-state index is 13.2. The summed E-state index contributed by atoms with van der Waals surface area (Å²) in [5.41, 5.74) is 3.06. The van der Waals surface area contributed by atoms with Gasteiger partial charge in [0.15, 0.2) is 5.60 Å². The van der Waals surface area contributed by atoms with Crippen LogP contribution in [0.5, 0.6) is 0 Å². The molecule has 0 radical (unpaired) electrons. The summed E-state index contributed by atoms with van der Waals surface area (Å²) in [6, 6.07) is 0. The van der Waals surface area contributed by atoms with E-state index in [9.17, 15) is 9.90 Å². The Morgan fingerprint density at radius 2 is 2.07 bits per heavy atom. The number of amides is 1. The number of nitrogens with zero attached hydrogens (tertiary/aromatic N) is 1. The second-order valence-corrected chi connectivity index (χ2v) is 7.92. The third-order valence-electron chi connectivity index (χ3n) is 6.39. The number of nitrogens with one attached hydrogen (secondary N) is 1. The van der Waals surface area contributed by atoms with E-state index in [-0.39, 0.29) is 31.0 Å². The lowest BCUT2D eigenvalue weighted by Crippen LogP contribution is -2.52. The van der Waals surface area contributed by atoms with Crippen LogP contribution in [0.1, 0.15) is 55.5 Å². The number of aliphatic hydroxyl groups excluding tert-OH is 1. The Labute approximate surface area is 159 Å². The SMILES string of the molecule is Cc1noc(C)c1C1=CC=C2NC(=O)C(OCCO)(C3CCCCC3)C2C1. The molecule has 2 aliphatic carbocycles. The summed E-state index contributed by atoms with van der Waals surface area (Å²) < 4.78 is 11.6. The smallest absolute Gasteiger partial charge is 0.257 e. The fraction of sp³-hybridized carbons (Fsp3) is 0.619. The highest BCUT2D eigenvalue weighted by molar-refractivity contribution is 5.93. The van der Waals surface area contributed by atoms with Gasteiger partial charge in [0, 0.05) is 17.2 Å². The minimum Gasteiger partial charge on any atom is -0.394 e. The van der Waals surface area contributed by atoms with Crippen molar-refractivity contribution in [3.05, 3.63) is 34.9 Å². The van der Waals surface area contributed by atoms with E-state index in [1.165, 1.54) is 6.42 Å². The molecule has 6 nitrogen and oxygen atoms in total. The molecule has 1 aromatic rings. The van der Waals surface area contributed by atoms with Crippen LogP contribution in [-0.2, 0) is 9.53 Å². The van der Waals surface area contributed by atoms with Gasteiger partial charge in [0.2, 0.25) is 0 Å². The zero-order chi connectivity index (χ0) is 19.0. The quantitative estimate of drug-likeness (QED) is 0.830. The Hall–Kier alpha value is -1.92. The van der Waals surface area contributed by atoms with Crippen LogP contribution >= 0.6 is 0 Å².